The predicted molar refractivity (Wildman–Crippen MR) is 122 cm³/mol. The summed E-state index contributed by atoms with van der Waals surface area (Å²) in [6.07, 6.45) is 2.22. The highest BCUT2D eigenvalue weighted by atomic mass is 35.5. The molecule has 1 aromatic heterocycles. The maximum Gasteiger partial charge on any atom is 0.315 e. The van der Waals surface area contributed by atoms with Gasteiger partial charge in [0.15, 0.2) is 11.5 Å². The van der Waals surface area contributed by atoms with Gasteiger partial charge in [-0.25, -0.2) is 4.79 Å². The van der Waals surface area contributed by atoms with Crippen LogP contribution in [0.4, 0.5) is 4.79 Å². The summed E-state index contributed by atoms with van der Waals surface area (Å²) in [6.45, 7) is 6.66. The second-order valence-corrected chi connectivity index (χ2v) is 8.84. The molecule has 0 radical (unpaired) electrons. The molecule has 0 unspecified atom stereocenters. The van der Waals surface area contributed by atoms with E-state index in [0.29, 0.717) is 42.1 Å². The fourth-order valence-electron chi connectivity index (χ4n) is 3.61. The van der Waals surface area contributed by atoms with Crippen molar-refractivity contribution in [2.24, 2.45) is 5.92 Å². The lowest BCUT2D eigenvalue weighted by molar-refractivity contribution is 0.176. The summed E-state index contributed by atoms with van der Waals surface area (Å²) in [4.78, 5) is 16.1. The van der Waals surface area contributed by atoms with Crippen LogP contribution in [0, 0.1) is 5.92 Å². The second-order valence-electron chi connectivity index (χ2n) is 7.40. The number of amides is 2. The highest BCUT2D eigenvalue weighted by molar-refractivity contribution is 7.09. The van der Waals surface area contributed by atoms with Crippen LogP contribution in [0.5, 0.6) is 11.5 Å². The maximum absolute atomic E-state index is 12.2. The highest BCUT2D eigenvalue weighted by Crippen LogP contribution is 2.36. The normalized spacial score (nSPS) is 15.0. The van der Waals surface area contributed by atoms with Gasteiger partial charge in [0, 0.05) is 24.5 Å². The quantitative estimate of drug-likeness (QED) is 0.588. The van der Waals surface area contributed by atoms with Gasteiger partial charge in [0.2, 0.25) is 0 Å². The van der Waals surface area contributed by atoms with Gasteiger partial charge in [-0.05, 0) is 67.9 Å². The van der Waals surface area contributed by atoms with Crippen LogP contribution in [0.25, 0.3) is 0 Å². The Hall–Kier alpha value is -1.96. The molecule has 0 bridgehead atoms. The fourth-order valence-corrected chi connectivity index (χ4v) is 4.65. The fraction of sp³-hybridized carbons (Fsp3) is 0.500. The number of methoxy groups -OCH3 is 1. The number of thiophene rings is 1. The molecule has 2 N–H and O–H groups in total. The number of carbonyl (C=O) groups is 1. The third kappa shape index (κ3) is 6.52. The number of carbonyl (C=O) groups excluding carboxylic acids is 1. The molecule has 2 amide bonds. The molecule has 164 valence electrons. The SMILES string of the molecule is CCOc1c(Cl)cc(CNC(=O)NCC2CCN(Cc3cccs3)CC2)cc1OC. The summed E-state index contributed by atoms with van der Waals surface area (Å²) in [5, 5.41) is 8.50. The molecule has 8 heteroatoms. The van der Waals surface area contributed by atoms with E-state index < -0.39 is 0 Å². The number of hydrogen-bond donors (Lipinski definition) is 2. The first-order chi connectivity index (χ1) is 14.6. The Labute approximate surface area is 187 Å². The number of hydrogen-bond acceptors (Lipinski definition) is 5. The molecular weight excluding hydrogens is 422 g/mol. The number of nitrogens with one attached hydrogen (secondary N) is 2. The summed E-state index contributed by atoms with van der Waals surface area (Å²) in [5.74, 6) is 1.62. The Morgan fingerprint density at radius 3 is 2.77 bits per heavy atom. The van der Waals surface area contributed by atoms with Crippen LogP contribution in [0.2, 0.25) is 5.02 Å². The third-order valence-corrected chi connectivity index (χ3v) is 6.39. The van der Waals surface area contributed by atoms with Crippen molar-refractivity contribution < 1.29 is 14.3 Å². The first-order valence-corrected chi connectivity index (χ1v) is 11.6. The zero-order chi connectivity index (χ0) is 21.3. The number of likely N-dealkylation sites (tertiary alicyclic amines) is 1. The number of nitrogens with zero attached hydrogens (tertiary/aromatic N) is 1. The molecule has 1 saturated heterocycles. The van der Waals surface area contributed by atoms with Gasteiger partial charge in [-0.15, -0.1) is 11.3 Å². The van der Waals surface area contributed by atoms with E-state index in [1.54, 1.807) is 13.2 Å². The molecule has 2 aromatic rings. The molecule has 2 heterocycles. The van der Waals surface area contributed by atoms with E-state index in [0.717, 1.165) is 38.0 Å². The number of halogens is 1. The summed E-state index contributed by atoms with van der Waals surface area (Å²) < 4.78 is 10.9. The average molecular weight is 452 g/mol. The number of benzene rings is 1. The minimum absolute atomic E-state index is 0.167. The maximum atomic E-state index is 12.2. The van der Waals surface area contributed by atoms with E-state index in [-0.39, 0.29) is 6.03 Å². The van der Waals surface area contributed by atoms with Crippen LogP contribution in [-0.4, -0.2) is 44.3 Å². The summed E-state index contributed by atoms with van der Waals surface area (Å²) in [6, 6.07) is 7.75. The zero-order valence-electron chi connectivity index (χ0n) is 17.6. The van der Waals surface area contributed by atoms with Crippen molar-refractivity contribution in [2.45, 2.75) is 32.9 Å². The predicted octanol–water partition coefficient (Wildman–Crippen LogP) is 4.52. The van der Waals surface area contributed by atoms with Gasteiger partial charge in [-0.1, -0.05) is 17.7 Å². The van der Waals surface area contributed by atoms with Crippen molar-refractivity contribution in [1.29, 1.82) is 0 Å². The number of urea groups is 1. The van der Waals surface area contributed by atoms with Crippen molar-refractivity contribution in [1.82, 2.24) is 15.5 Å². The Bertz CT molecular complexity index is 808. The van der Waals surface area contributed by atoms with Gasteiger partial charge in [-0.3, -0.25) is 4.90 Å². The summed E-state index contributed by atoms with van der Waals surface area (Å²) >= 11 is 8.10. The van der Waals surface area contributed by atoms with Crippen molar-refractivity contribution in [3.05, 3.63) is 45.1 Å². The van der Waals surface area contributed by atoms with Crippen molar-refractivity contribution in [2.75, 3.05) is 33.4 Å². The molecular formula is C22H30ClN3O3S. The third-order valence-electron chi connectivity index (χ3n) is 5.25. The van der Waals surface area contributed by atoms with E-state index in [1.807, 2.05) is 24.3 Å². The average Bonchev–Trinajstić information content (AvgIpc) is 3.26. The lowest BCUT2D eigenvalue weighted by Gasteiger charge is -2.31. The van der Waals surface area contributed by atoms with Crippen LogP contribution < -0.4 is 20.1 Å². The molecule has 0 aliphatic carbocycles. The monoisotopic (exact) mass is 451 g/mol. The number of piperidine rings is 1. The van der Waals surface area contributed by atoms with Gasteiger partial charge in [0.1, 0.15) is 0 Å². The Morgan fingerprint density at radius 1 is 1.30 bits per heavy atom. The smallest absolute Gasteiger partial charge is 0.315 e. The molecule has 1 aliphatic heterocycles. The van der Waals surface area contributed by atoms with Gasteiger partial charge in [0.05, 0.1) is 18.7 Å². The highest BCUT2D eigenvalue weighted by Gasteiger charge is 2.20. The molecule has 0 spiro atoms. The van der Waals surface area contributed by atoms with Crippen LogP contribution >= 0.6 is 22.9 Å². The minimum Gasteiger partial charge on any atom is -0.493 e. The van der Waals surface area contributed by atoms with Gasteiger partial charge >= 0.3 is 6.03 Å². The van der Waals surface area contributed by atoms with Crippen LogP contribution in [0.15, 0.2) is 29.6 Å². The lowest BCUT2D eigenvalue weighted by atomic mass is 9.97. The lowest BCUT2D eigenvalue weighted by Crippen LogP contribution is -2.41. The van der Waals surface area contributed by atoms with Gasteiger partial charge < -0.3 is 20.1 Å². The Morgan fingerprint density at radius 2 is 2.10 bits per heavy atom. The first-order valence-electron chi connectivity index (χ1n) is 10.3. The molecule has 1 aromatic carbocycles. The Balaban J connectivity index is 1.39. The van der Waals surface area contributed by atoms with E-state index in [4.69, 9.17) is 21.1 Å². The molecule has 6 nitrogen and oxygen atoms in total. The molecule has 30 heavy (non-hydrogen) atoms. The molecule has 1 aliphatic rings. The summed E-state index contributed by atoms with van der Waals surface area (Å²) in [5.41, 5.74) is 0.859. The van der Waals surface area contributed by atoms with Crippen molar-refractivity contribution in [3.63, 3.8) is 0 Å². The topological polar surface area (TPSA) is 62.8 Å². The summed E-state index contributed by atoms with van der Waals surface area (Å²) in [7, 11) is 1.57. The van der Waals surface area contributed by atoms with Crippen LogP contribution in [0.1, 0.15) is 30.2 Å². The van der Waals surface area contributed by atoms with Crippen LogP contribution in [0.3, 0.4) is 0 Å². The number of rotatable bonds is 9. The molecule has 1 fully saturated rings. The molecule has 0 saturated carbocycles. The van der Waals surface area contributed by atoms with Crippen LogP contribution in [-0.2, 0) is 13.1 Å². The molecule has 0 atom stereocenters. The van der Waals surface area contributed by atoms with Gasteiger partial charge in [-0.2, -0.15) is 0 Å². The Kier molecular flexibility index (Phi) is 8.66. The zero-order valence-corrected chi connectivity index (χ0v) is 19.2. The van der Waals surface area contributed by atoms with E-state index >= 15 is 0 Å². The van der Waals surface area contributed by atoms with Crippen molar-refractivity contribution >= 4 is 29.0 Å². The van der Waals surface area contributed by atoms with E-state index in [1.165, 1.54) is 4.88 Å². The molecule has 3 rings (SSSR count). The number of ether oxygens (including phenoxy) is 2. The first kappa shape index (κ1) is 22.7. The van der Waals surface area contributed by atoms with Gasteiger partial charge in [0.25, 0.3) is 0 Å². The van der Waals surface area contributed by atoms with E-state index in [2.05, 4.69) is 33.0 Å². The minimum atomic E-state index is -0.167. The van der Waals surface area contributed by atoms with Crippen molar-refractivity contribution in [3.8, 4) is 11.5 Å². The second kappa shape index (κ2) is 11.4. The standard InChI is InChI=1S/C22H30ClN3O3S/c1-3-29-21-19(23)11-17(12-20(21)28-2)14-25-22(27)24-13-16-6-8-26(9-7-16)15-18-5-4-10-30-18/h4-5,10-12,16H,3,6-9,13-15H2,1-2H3,(H2,24,25,27). The van der Waals surface area contributed by atoms with E-state index in [9.17, 15) is 4.79 Å². The largest absolute Gasteiger partial charge is 0.493 e.